The summed E-state index contributed by atoms with van der Waals surface area (Å²) in [4.78, 5) is 0. The Labute approximate surface area is 73.4 Å². The van der Waals surface area contributed by atoms with Crippen LogP contribution in [0.3, 0.4) is 0 Å². The molecule has 0 spiro atoms. The lowest BCUT2D eigenvalue weighted by molar-refractivity contribution is 0.0717. The van der Waals surface area contributed by atoms with E-state index in [9.17, 15) is 0 Å². The molecular weight excluding hydrogens is 160 g/mol. The van der Waals surface area contributed by atoms with Crippen molar-refractivity contribution < 1.29 is 4.74 Å². The molecule has 2 heteroatoms. The van der Waals surface area contributed by atoms with Crippen LogP contribution in [0.1, 0.15) is 19.3 Å². The van der Waals surface area contributed by atoms with E-state index >= 15 is 0 Å². The second-order valence-corrected chi connectivity index (χ2v) is 3.30. The first-order chi connectivity index (χ1) is 5.38. The Morgan fingerprint density at radius 2 is 2.55 bits per heavy atom. The lowest BCUT2D eigenvalue weighted by Gasteiger charge is -2.18. The zero-order valence-electron chi connectivity index (χ0n) is 6.76. The van der Waals surface area contributed by atoms with Crippen LogP contribution in [0.15, 0.2) is 12.7 Å². The first-order valence-electron chi connectivity index (χ1n) is 4.17. The van der Waals surface area contributed by atoms with Gasteiger partial charge in [-0.25, -0.2) is 0 Å². The third-order valence-corrected chi connectivity index (χ3v) is 2.55. The van der Waals surface area contributed by atoms with Gasteiger partial charge in [0.2, 0.25) is 0 Å². The SMILES string of the molecule is C=CCC(CCl)C1CCCO1. The fourth-order valence-corrected chi connectivity index (χ4v) is 1.83. The van der Waals surface area contributed by atoms with Crippen LogP contribution in [0.4, 0.5) is 0 Å². The highest BCUT2D eigenvalue weighted by Crippen LogP contribution is 2.23. The summed E-state index contributed by atoms with van der Waals surface area (Å²) in [6.45, 7) is 4.62. The summed E-state index contributed by atoms with van der Waals surface area (Å²) < 4.78 is 5.53. The largest absolute Gasteiger partial charge is 0.378 e. The van der Waals surface area contributed by atoms with Crippen molar-refractivity contribution in [1.29, 1.82) is 0 Å². The minimum atomic E-state index is 0.394. The average Bonchev–Trinajstić information content (AvgIpc) is 2.52. The summed E-state index contributed by atoms with van der Waals surface area (Å²) >= 11 is 5.80. The standard InChI is InChI=1S/C9H15ClO/c1-2-4-8(7-10)9-5-3-6-11-9/h2,8-9H,1,3-7H2. The molecule has 1 aliphatic rings. The smallest absolute Gasteiger partial charge is 0.0618 e. The van der Waals surface area contributed by atoms with Crippen LogP contribution in [0.2, 0.25) is 0 Å². The van der Waals surface area contributed by atoms with Gasteiger partial charge in [0.1, 0.15) is 0 Å². The van der Waals surface area contributed by atoms with Crippen LogP contribution in [0.5, 0.6) is 0 Å². The van der Waals surface area contributed by atoms with E-state index in [-0.39, 0.29) is 0 Å². The predicted molar refractivity (Wildman–Crippen MR) is 48.0 cm³/mol. The maximum Gasteiger partial charge on any atom is 0.0618 e. The number of halogens is 1. The second kappa shape index (κ2) is 4.78. The first kappa shape index (κ1) is 9.08. The quantitative estimate of drug-likeness (QED) is 0.470. The van der Waals surface area contributed by atoms with Crippen LogP contribution >= 0.6 is 11.6 Å². The Morgan fingerprint density at radius 3 is 3.00 bits per heavy atom. The zero-order valence-corrected chi connectivity index (χ0v) is 7.52. The van der Waals surface area contributed by atoms with Gasteiger partial charge in [-0.1, -0.05) is 6.08 Å². The summed E-state index contributed by atoms with van der Waals surface area (Å²) in [6, 6.07) is 0. The summed E-state index contributed by atoms with van der Waals surface area (Å²) in [5, 5.41) is 0. The van der Waals surface area contributed by atoms with Gasteiger partial charge in [0.05, 0.1) is 6.10 Å². The van der Waals surface area contributed by atoms with Gasteiger partial charge in [-0.15, -0.1) is 18.2 Å². The number of hydrogen-bond acceptors (Lipinski definition) is 1. The zero-order chi connectivity index (χ0) is 8.10. The van der Waals surface area contributed by atoms with E-state index in [1.54, 1.807) is 0 Å². The Morgan fingerprint density at radius 1 is 1.73 bits per heavy atom. The molecule has 0 bridgehead atoms. The molecule has 64 valence electrons. The van der Waals surface area contributed by atoms with Gasteiger partial charge in [-0.2, -0.15) is 0 Å². The maximum atomic E-state index is 5.80. The molecular formula is C9H15ClO. The van der Waals surface area contributed by atoms with Gasteiger partial charge in [0.15, 0.2) is 0 Å². The van der Waals surface area contributed by atoms with E-state index in [0.717, 1.165) is 13.0 Å². The van der Waals surface area contributed by atoms with E-state index in [2.05, 4.69) is 6.58 Å². The normalized spacial score (nSPS) is 26.8. The van der Waals surface area contributed by atoms with Gasteiger partial charge in [0.25, 0.3) is 0 Å². The topological polar surface area (TPSA) is 9.23 Å². The highest BCUT2D eigenvalue weighted by Gasteiger charge is 2.23. The molecule has 1 aliphatic heterocycles. The Balaban J connectivity index is 2.33. The summed E-state index contributed by atoms with van der Waals surface area (Å²) in [5.41, 5.74) is 0. The van der Waals surface area contributed by atoms with E-state index < -0.39 is 0 Å². The highest BCUT2D eigenvalue weighted by atomic mass is 35.5. The molecule has 2 atom stereocenters. The third kappa shape index (κ3) is 2.49. The van der Waals surface area contributed by atoms with Gasteiger partial charge in [0, 0.05) is 18.4 Å². The van der Waals surface area contributed by atoms with E-state index in [4.69, 9.17) is 16.3 Å². The minimum absolute atomic E-state index is 0.394. The first-order valence-corrected chi connectivity index (χ1v) is 4.70. The predicted octanol–water partition coefficient (Wildman–Crippen LogP) is 2.60. The van der Waals surface area contributed by atoms with Crippen molar-refractivity contribution in [3.63, 3.8) is 0 Å². The Hall–Kier alpha value is -0.0100. The second-order valence-electron chi connectivity index (χ2n) is 2.99. The van der Waals surface area contributed by atoms with Crippen LogP contribution in [-0.2, 0) is 4.74 Å². The van der Waals surface area contributed by atoms with Crippen molar-refractivity contribution in [3.8, 4) is 0 Å². The van der Waals surface area contributed by atoms with E-state index in [1.807, 2.05) is 6.08 Å². The summed E-state index contributed by atoms with van der Waals surface area (Å²) in [6.07, 6.45) is 5.66. The van der Waals surface area contributed by atoms with Crippen LogP contribution < -0.4 is 0 Å². The number of hydrogen-bond donors (Lipinski definition) is 0. The highest BCUT2D eigenvalue weighted by molar-refractivity contribution is 6.18. The molecule has 1 nitrogen and oxygen atoms in total. The van der Waals surface area contributed by atoms with Crippen LogP contribution in [-0.4, -0.2) is 18.6 Å². The van der Waals surface area contributed by atoms with Crippen molar-refractivity contribution in [2.45, 2.75) is 25.4 Å². The number of rotatable bonds is 4. The lowest BCUT2D eigenvalue weighted by Crippen LogP contribution is -2.20. The molecule has 0 radical (unpaired) electrons. The average molecular weight is 175 g/mol. The molecule has 1 fully saturated rings. The molecule has 0 saturated carbocycles. The molecule has 0 aromatic rings. The molecule has 2 unspecified atom stereocenters. The maximum absolute atomic E-state index is 5.80. The molecule has 0 aromatic carbocycles. The van der Waals surface area contributed by atoms with Crippen molar-refractivity contribution in [3.05, 3.63) is 12.7 Å². The molecule has 1 rings (SSSR count). The van der Waals surface area contributed by atoms with Crippen LogP contribution in [0.25, 0.3) is 0 Å². The fourth-order valence-electron chi connectivity index (χ4n) is 1.50. The van der Waals surface area contributed by atoms with Crippen molar-refractivity contribution >= 4 is 11.6 Å². The van der Waals surface area contributed by atoms with Gasteiger partial charge in [-0.3, -0.25) is 0 Å². The van der Waals surface area contributed by atoms with Crippen molar-refractivity contribution in [2.75, 3.05) is 12.5 Å². The van der Waals surface area contributed by atoms with Gasteiger partial charge >= 0.3 is 0 Å². The van der Waals surface area contributed by atoms with Crippen molar-refractivity contribution in [1.82, 2.24) is 0 Å². The molecule has 1 saturated heterocycles. The molecule has 0 aromatic heterocycles. The molecule has 0 aliphatic carbocycles. The fraction of sp³-hybridized carbons (Fsp3) is 0.778. The van der Waals surface area contributed by atoms with Gasteiger partial charge in [-0.05, 0) is 19.3 Å². The van der Waals surface area contributed by atoms with E-state index in [0.29, 0.717) is 17.9 Å². The minimum Gasteiger partial charge on any atom is -0.378 e. The molecule has 1 heterocycles. The lowest BCUT2D eigenvalue weighted by atomic mass is 9.99. The van der Waals surface area contributed by atoms with E-state index in [1.165, 1.54) is 12.8 Å². The Bertz CT molecular complexity index is 119. The number of alkyl halides is 1. The Kier molecular flexibility index (Phi) is 3.95. The third-order valence-electron chi connectivity index (χ3n) is 2.16. The van der Waals surface area contributed by atoms with Gasteiger partial charge < -0.3 is 4.74 Å². The summed E-state index contributed by atoms with van der Waals surface area (Å²) in [5.74, 6) is 1.17. The molecule has 0 amide bonds. The van der Waals surface area contributed by atoms with Crippen LogP contribution in [0, 0.1) is 5.92 Å². The monoisotopic (exact) mass is 174 g/mol. The molecule has 0 N–H and O–H groups in total. The number of ether oxygens (including phenoxy) is 1. The molecule has 11 heavy (non-hydrogen) atoms. The van der Waals surface area contributed by atoms with Crippen molar-refractivity contribution in [2.24, 2.45) is 5.92 Å². The summed E-state index contributed by atoms with van der Waals surface area (Å²) in [7, 11) is 0. The number of allylic oxidation sites excluding steroid dienone is 1.